The van der Waals surface area contributed by atoms with Crippen LogP contribution in [-0.4, -0.2) is 30.4 Å². The van der Waals surface area contributed by atoms with Crippen LogP contribution in [0.5, 0.6) is 0 Å². The van der Waals surface area contributed by atoms with Crippen LogP contribution in [0.3, 0.4) is 0 Å². The minimum absolute atomic E-state index is 0.0945. The standard InChI is InChI=1S/C15H18F2N2O4/c1-3-23-15(22)8(2)6-12(13(18)20)19-14(21)10-5-4-9(16)7-11(10)17/h4-5,7-8,12H,3,6H2,1-2H3,(H2,18,20)(H,19,21)/t8-,12+/m1/s1. The molecule has 6 nitrogen and oxygen atoms in total. The summed E-state index contributed by atoms with van der Waals surface area (Å²) in [6.07, 6.45) is -0.0945. The predicted octanol–water partition coefficient (Wildman–Crippen LogP) is 1.14. The Balaban J connectivity index is 2.81. The average Bonchev–Trinajstić information content (AvgIpc) is 2.46. The van der Waals surface area contributed by atoms with Crippen molar-refractivity contribution in [1.82, 2.24) is 5.32 Å². The van der Waals surface area contributed by atoms with Gasteiger partial charge < -0.3 is 15.8 Å². The zero-order valence-electron chi connectivity index (χ0n) is 12.8. The van der Waals surface area contributed by atoms with Gasteiger partial charge in [-0.05, 0) is 25.5 Å². The molecule has 0 bridgehead atoms. The Morgan fingerprint density at radius 1 is 1.30 bits per heavy atom. The summed E-state index contributed by atoms with van der Waals surface area (Å²) in [4.78, 5) is 35.0. The average molecular weight is 328 g/mol. The smallest absolute Gasteiger partial charge is 0.308 e. The van der Waals surface area contributed by atoms with Gasteiger partial charge in [0.2, 0.25) is 5.91 Å². The van der Waals surface area contributed by atoms with Gasteiger partial charge in [-0.3, -0.25) is 14.4 Å². The molecular weight excluding hydrogens is 310 g/mol. The molecule has 126 valence electrons. The van der Waals surface area contributed by atoms with Gasteiger partial charge in [0.25, 0.3) is 5.91 Å². The first kappa shape index (κ1) is 18.5. The quantitative estimate of drug-likeness (QED) is 0.733. The highest BCUT2D eigenvalue weighted by atomic mass is 19.1. The van der Waals surface area contributed by atoms with Gasteiger partial charge in [0.15, 0.2) is 0 Å². The molecule has 0 aliphatic heterocycles. The molecule has 0 radical (unpaired) electrons. The molecule has 0 unspecified atom stereocenters. The van der Waals surface area contributed by atoms with E-state index in [4.69, 9.17) is 10.5 Å². The summed E-state index contributed by atoms with van der Waals surface area (Å²) in [5, 5.41) is 2.24. The number of carbonyl (C=O) groups is 3. The molecule has 0 aromatic heterocycles. The summed E-state index contributed by atoms with van der Waals surface area (Å²) >= 11 is 0. The molecule has 2 atom stereocenters. The van der Waals surface area contributed by atoms with Gasteiger partial charge in [-0.25, -0.2) is 8.78 Å². The molecule has 2 amide bonds. The lowest BCUT2D eigenvalue weighted by Crippen LogP contribution is -2.46. The molecule has 1 aromatic rings. The van der Waals surface area contributed by atoms with E-state index >= 15 is 0 Å². The Morgan fingerprint density at radius 3 is 2.48 bits per heavy atom. The van der Waals surface area contributed by atoms with Gasteiger partial charge in [0.05, 0.1) is 18.1 Å². The molecule has 1 aromatic carbocycles. The molecule has 3 N–H and O–H groups in total. The fourth-order valence-electron chi connectivity index (χ4n) is 1.89. The Bertz CT molecular complexity index is 607. The van der Waals surface area contributed by atoms with Crippen molar-refractivity contribution in [2.24, 2.45) is 11.7 Å². The van der Waals surface area contributed by atoms with Crippen LogP contribution in [0.2, 0.25) is 0 Å². The van der Waals surface area contributed by atoms with Gasteiger partial charge >= 0.3 is 5.97 Å². The molecular formula is C15H18F2N2O4. The largest absolute Gasteiger partial charge is 0.466 e. The number of halogens is 2. The number of carbonyl (C=O) groups excluding carboxylic acids is 3. The highest BCUT2D eigenvalue weighted by Crippen LogP contribution is 2.12. The molecule has 8 heteroatoms. The van der Waals surface area contributed by atoms with Crippen LogP contribution in [0.1, 0.15) is 30.6 Å². The van der Waals surface area contributed by atoms with E-state index in [0.717, 1.165) is 12.1 Å². The first-order chi connectivity index (χ1) is 10.8. The predicted molar refractivity (Wildman–Crippen MR) is 77.2 cm³/mol. The minimum Gasteiger partial charge on any atom is -0.466 e. The second-order valence-electron chi connectivity index (χ2n) is 4.94. The molecule has 0 heterocycles. The Labute approximate surface area is 132 Å². The fraction of sp³-hybridized carbons (Fsp3) is 0.400. The minimum atomic E-state index is -1.19. The molecule has 1 rings (SSSR count). The van der Waals surface area contributed by atoms with E-state index in [0.29, 0.717) is 6.07 Å². The maximum absolute atomic E-state index is 13.6. The van der Waals surface area contributed by atoms with E-state index in [9.17, 15) is 23.2 Å². The lowest BCUT2D eigenvalue weighted by atomic mass is 10.0. The van der Waals surface area contributed by atoms with Crippen LogP contribution in [-0.2, 0) is 14.3 Å². The van der Waals surface area contributed by atoms with E-state index < -0.39 is 46.9 Å². The number of hydrogen-bond donors (Lipinski definition) is 2. The lowest BCUT2D eigenvalue weighted by molar-refractivity contribution is -0.147. The molecule has 0 aliphatic carbocycles. The van der Waals surface area contributed by atoms with Crippen molar-refractivity contribution in [3.8, 4) is 0 Å². The first-order valence-electron chi connectivity index (χ1n) is 6.98. The van der Waals surface area contributed by atoms with Crippen LogP contribution in [0.4, 0.5) is 8.78 Å². The molecule has 0 aliphatic rings. The fourth-order valence-corrected chi connectivity index (χ4v) is 1.89. The number of amides is 2. The number of benzene rings is 1. The SMILES string of the molecule is CCOC(=O)[C@H](C)C[C@H](NC(=O)c1ccc(F)cc1F)C(N)=O. The maximum Gasteiger partial charge on any atom is 0.308 e. The first-order valence-corrected chi connectivity index (χ1v) is 6.98. The van der Waals surface area contributed by atoms with Gasteiger partial charge in [0.1, 0.15) is 17.7 Å². The number of hydrogen-bond acceptors (Lipinski definition) is 4. The normalized spacial score (nSPS) is 13.0. The van der Waals surface area contributed by atoms with Gasteiger partial charge in [-0.2, -0.15) is 0 Å². The van der Waals surface area contributed by atoms with Crippen LogP contribution in [0, 0.1) is 17.6 Å². The van der Waals surface area contributed by atoms with Crippen molar-refractivity contribution < 1.29 is 27.9 Å². The Hall–Kier alpha value is -2.51. The Morgan fingerprint density at radius 2 is 1.96 bits per heavy atom. The molecule has 0 saturated carbocycles. The monoisotopic (exact) mass is 328 g/mol. The van der Waals surface area contributed by atoms with Crippen LogP contribution in [0.25, 0.3) is 0 Å². The van der Waals surface area contributed by atoms with Crippen molar-refractivity contribution >= 4 is 17.8 Å². The third-order valence-electron chi connectivity index (χ3n) is 3.10. The Kier molecular flexibility index (Phi) is 6.62. The zero-order chi connectivity index (χ0) is 17.6. The number of ether oxygens (including phenoxy) is 1. The van der Waals surface area contributed by atoms with Crippen molar-refractivity contribution in [3.63, 3.8) is 0 Å². The third kappa shape index (κ3) is 5.32. The van der Waals surface area contributed by atoms with E-state index in [1.165, 1.54) is 6.92 Å². The van der Waals surface area contributed by atoms with Crippen molar-refractivity contribution in [2.45, 2.75) is 26.3 Å². The molecule has 23 heavy (non-hydrogen) atoms. The lowest BCUT2D eigenvalue weighted by Gasteiger charge is -2.19. The van der Waals surface area contributed by atoms with Crippen molar-refractivity contribution in [2.75, 3.05) is 6.61 Å². The number of nitrogens with two attached hydrogens (primary N) is 1. The number of rotatable bonds is 7. The second-order valence-corrected chi connectivity index (χ2v) is 4.94. The molecule has 0 saturated heterocycles. The van der Waals surface area contributed by atoms with Gasteiger partial charge in [-0.15, -0.1) is 0 Å². The highest BCUT2D eigenvalue weighted by molar-refractivity contribution is 5.97. The van der Waals surface area contributed by atoms with E-state index in [1.807, 2.05) is 0 Å². The summed E-state index contributed by atoms with van der Waals surface area (Å²) in [6.45, 7) is 3.32. The maximum atomic E-state index is 13.6. The van der Waals surface area contributed by atoms with E-state index in [-0.39, 0.29) is 13.0 Å². The number of esters is 1. The summed E-state index contributed by atoms with van der Waals surface area (Å²) in [5.74, 6) is -4.93. The number of primary amides is 1. The second kappa shape index (κ2) is 8.21. The van der Waals surface area contributed by atoms with Crippen molar-refractivity contribution in [3.05, 3.63) is 35.4 Å². The van der Waals surface area contributed by atoms with E-state index in [2.05, 4.69) is 5.32 Å². The van der Waals surface area contributed by atoms with Crippen LogP contribution >= 0.6 is 0 Å². The molecule has 0 spiro atoms. The van der Waals surface area contributed by atoms with E-state index in [1.54, 1.807) is 6.92 Å². The van der Waals surface area contributed by atoms with Crippen LogP contribution < -0.4 is 11.1 Å². The third-order valence-corrected chi connectivity index (χ3v) is 3.10. The summed E-state index contributed by atoms with van der Waals surface area (Å²) < 4.78 is 31.2. The van der Waals surface area contributed by atoms with Gasteiger partial charge in [0, 0.05) is 6.07 Å². The zero-order valence-corrected chi connectivity index (χ0v) is 12.8. The van der Waals surface area contributed by atoms with Gasteiger partial charge in [-0.1, -0.05) is 6.92 Å². The summed E-state index contributed by atoms with van der Waals surface area (Å²) in [7, 11) is 0. The van der Waals surface area contributed by atoms with Crippen LogP contribution in [0.15, 0.2) is 18.2 Å². The van der Waals surface area contributed by atoms with Crippen molar-refractivity contribution in [1.29, 1.82) is 0 Å². The number of nitrogens with one attached hydrogen (secondary N) is 1. The molecule has 0 fully saturated rings. The highest BCUT2D eigenvalue weighted by Gasteiger charge is 2.26. The summed E-state index contributed by atoms with van der Waals surface area (Å²) in [5.41, 5.74) is 4.76. The summed E-state index contributed by atoms with van der Waals surface area (Å²) in [6, 6.07) is 1.23. The topological polar surface area (TPSA) is 98.5 Å².